The zero-order chi connectivity index (χ0) is 12.2. The van der Waals surface area contributed by atoms with Gasteiger partial charge >= 0.3 is 0 Å². The van der Waals surface area contributed by atoms with Crippen LogP contribution in [0.25, 0.3) is 0 Å². The highest BCUT2D eigenvalue weighted by Gasteiger charge is 2.27. The summed E-state index contributed by atoms with van der Waals surface area (Å²) in [5, 5.41) is 9.58. The van der Waals surface area contributed by atoms with Crippen molar-refractivity contribution in [3.8, 4) is 0 Å². The highest BCUT2D eigenvalue weighted by Crippen LogP contribution is 2.16. The molecule has 0 aromatic carbocycles. The molecule has 1 amide bonds. The third-order valence-corrected chi connectivity index (χ3v) is 2.14. The lowest BCUT2D eigenvalue weighted by atomic mass is 10.0. The van der Waals surface area contributed by atoms with Gasteiger partial charge < -0.3 is 15.2 Å². The predicted molar refractivity (Wildman–Crippen MR) is 66.0 cm³/mol. The lowest BCUT2D eigenvalue weighted by Gasteiger charge is -2.22. The van der Waals surface area contributed by atoms with Gasteiger partial charge in [-0.3, -0.25) is 4.79 Å². The standard InChI is InChI=1S/C10H18N4O2.ClH/c1-7-12-9(14-16-7)10(2,3)13-8(15)5-6-11-4;/h11H,5-6H2,1-4H3,(H,13,15);1H. The Morgan fingerprint density at radius 1 is 1.47 bits per heavy atom. The molecular weight excluding hydrogens is 244 g/mol. The molecule has 98 valence electrons. The third kappa shape index (κ3) is 4.70. The third-order valence-electron chi connectivity index (χ3n) is 2.14. The minimum atomic E-state index is -0.609. The molecule has 6 nitrogen and oxygen atoms in total. The van der Waals surface area contributed by atoms with Gasteiger partial charge in [-0.25, -0.2) is 0 Å². The number of aromatic nitrogens is 2. The van der Waals surface area contributed by atoms with E-state index in [0.717, 1.165) is 0 Å². The SMILES string of the molecule is CNCCC(=O)NC(C)(C)c1noc(C)n1.Cl. The molecule has 0 aliphatic heterocycles. The molecule has 0 spiro atoms. The van der Waals surface area contributed by atoms with Crippen LogP contribution in [0.15, 0.2) is 4.52 Å². The van der Waals surface area contributed by atoms with Crippen molar-refractivity contribution in [1.29, 1.82) is 0 Å². The quantitative estimate of drug-likeness (QED) is 0.819. The summed E-state index contributed by atoms with van der Waals surface area (Å²) >= 11 is 0. The topological polar surface area (TPSA) is 80.0 Å². The Morgan fingerprint density at radius 2 is 2.12 bits per heavy atom. The van der Waals surface area contributed by atoms with E-state index in [-0.39, 0.29) is 18.3 Å². The molecule has 17 heavy (non-hydrogen) atoms. The smallest absolute Gasteiger partial charge is 0.223 e. The Labute approximate surface area is 107 Å². The monoisotopic (exact) mass is 262 g/mol. The highest BCUT2D eigenvalue weighted by molar-refractivity contribution is 5.85. The van der Waals surface area contributed by atoms with Crippen LogP contribution in [0.1, 0.15) is 32.0 Å². The first-order valence-corrected chi connectivity index (χ1v) is 5.22. The molecule has 0 saturated heterocycles. The summed E-state index contributed by atoms with van der Waals surface area (Å²) in [7, 11) is 1.81. The molecule has 0 fully saturated rings. The molecule has 0 unspecified atom stereocenters. The highest BCUT2D eigenvalue weighted by atomic mass is 35.5. The second-order valence-electron chi connectivity index (χ2n) is 4.16. The van der Waals surface area contributed by atoms with Gasteiger partial charge in [0.15, 0.2) is 5.82 Å². The first-order valence-electron chi connectivity index (χ1n) is 5.22. The van der Waals surface area contributed by atoms with Crippen LogP contribution >= 0.6 is 12.4 Å². The minimum Gasteiger partial charge on any atom is -0.344 e. The number of amides is 1. The van der Waals surface area contributed by atoms with E-state index in [2.05, 4.69) is 20.8 Å². The van der Waals surface area contributed by atoms with Gasteiger partial charge in [0, 0.05) is 19.9 Å². The fourth-order valence-corrected chi connectivity index (χ4v) is 1.26. The van der Waals surface area contributed by atoms with Gasteiger partial charge in [0.05, 0.1) is 5.54 Å². The first kappa shape index (κ1) is 15.9. The fraction of sp³-hybridized carbons (Fsp3) is 0.700. The Bertz CT molecular complexity index is 365. The lowest BCUT2D eigenvalue weighted by Crippen LogP contribution is -2.42. The Hall–Kier alpha value is -1.14. The summed E-state index contributed by atoms with van der Waals surface area (Å²) in [6.07, 6.45) is 0.427. The molecule has 0 aliphatic rings. The lowest BCUT2D eigenvalue weighted by molar-refractivity contribution is -0.122. The fourth-order valence-electron chi connectivity index (χ4n) is 1.26. The maximum atomic E-state index is 11.6. The Balaban J connectivity index is 0.00000256. The van der Waals surface area contributed by atoms with Crippen LogP contribution in [0.4, 0.5) is 0 Å². The number of hydrogen-bond donors (Lipinski definition) is 2. The molecule has 0 radical (unpaired) electrons. The number of carbonyl (C=O) groups is 1. The summed E-state index contributed by atoms with van der Waals surface area (Å²) < 4.78 is 4.89. The van der Waals surface area contributed by atoms with Crippen LogP contribution in [0, 0.1) is 6.92 Å². The second kappa shape index (κ2) is 6.56. The molecule has 7 heteroatoms. The largest absolute Gasteiger partial charge is 0.344 e. The van der Waals surface area contributed by atoms with Gasteiger partial charge in [0.1, 0.15) is 0 Å². The van der Waals surface area contributed by atoms with Crippen molar-refractivity contribution in [3.05, 3.63) is 11.7 Å². The van der Waals surface area contributed by atoms with E-state index >= 15 is 0 Å². The van der Waals surface area contributed by atoms with Crippen molar-refractivity contribution in [3.63, 3.8) is 0 Å². The molecule has 2 N–H and O–H groups in total. The van der Waals surface area contributed by atoms with Crippen molar-refractivity contribution >= 4 is 18.3 Å². The molecule has 1 rings (SSSR count). The van der Waals surface area contributed by atoms with Crippen LogP contribution < -0.4 is 10.6 Å². The van der Waals surface area contributed by atoms with Crippen molar-refractivity contribution in [2.45, 2.75) is 32.7 Å². The average Bonchev–Trinajstić information content (AvgIpc) is 2.62. The summed E-state index contributed by atoms with van der Waals surface area (Å²) in [4.78, 5) is 15.7. The van der Waals surface area contributed by atoms with Crippen molar-refractivity contribution in [2.24, 2.45) is 0 Å². The van der Waals surface area contributed by atoms with Gasteiger partial charge in [0.25, 0.3) is 0 Å². The Morgan fingerprint density at radius 3 is 2.59 bits per heavy atom. The van der Waals surface area contributed by atoms with E-state index in [1.807, 2.05) is 13.8 Å². The minimum absolute atomic E-state index is 0. The maximum Gasteiger partial charge on any atom is 0.223 e. The molecule has 0 aliphatic carbocycles. The normalized spacial score (nSPS) is 10.8. The van der Waals surface area contributed by atoms with Crippen LogP contribution in [-0.2, 0) is 10.3 Å². The van der Waals surface area contributed by atoms with Gasteiger partial charge in [0.2, 0.25) is 11.8 Å². The zero-order valence-corrected chi connectivity index (χ0v) is 11.3. The van der Waals surface area contributed by atoms with Crippen molar-refractivity contribution in [1.82, 2.24) is 20.8 Å². The summed E-state index contributed by atoms with van der Waals surface area (Å²) in [6.45, 7) is 6.05. The second-order valence-corrected chi connectivity index (χ2v) is 4.16. The van der Waals surface area contributed by atoms with Gasteiger partial charge in [-0.05, 0) is 20.9 Å². The number of rotatable bonds is 5. The molecule has 0 saturated carbocycles. The van der Waals surface area contributed by atoms with E-state index in [4.69, 9.17) is 4.52 Å². The van der Waals surface area contributed by atoms with Crippen LogP contribution in [0.3, 0.4) is 0 Å². The average molecular weight is 263 g/mol. The van der Waals surface area contributed by atoms with E-state index in [9.17, 15) is 4.79 Å². The Kier molecular flexibility index (Phi) is 6.12. The summed E-state index contributed by atoms with van der Waals surface area (Å²) in [5.74, 6) is 0.942. The number of nitrogens with zero attached hydrogens (tertiary/aromatic N) is 2. The van der Waals surface area contributed by atoms with E-state index in [1.165, 1.54) is 0 Å². The molecule has 0 atom stereocenters. The van der Waals surface area contributed by atoms with Crippen LogP contribution in [0.2, 0.25) is 0 Å². The first-order chi connectivity index (χ1) is 7.45. The zero-order valence-electron chi connectivity index (χ0n) is 10.5. The van der Waals surface area contributed by atoms with Gasteiger partial charge in [-0.1, -0.05) is 5.16 Å². The van der Waals surface area contributed by atoms with E-state index in [1.54, 1.807) is 14.0 Å². The summed E-state index contributed by atoms with van der Waals surface area (Å²) in [5.41, 5.74) is -0.609. The van der Waals surface area contributed by atoms with Crippen LogP contribution in [0.5, 0.6) is 0 Å². The van der Waals surface area contributed by atoms with E-state index < -0.39 is 5.54 Å². The number of halogens is 1. The maximum absolute atomic E-state index is 11.6. The summed E-state index contributed by atoms with van der Waals surface area (Å²) in [6, 6.07) is 0. The van der Waals surface area contributed by atoms with E-state index in [0.29, 0.717) is 24.7 Å². The molecular formula is C10H19ClN4O2. The molecule has 1 aromatic rings. The number of hydrogen-bond acceptors (Lipinski definition) is 5. The van der Waals surface area contributed by atoms with Crippen LogP contribution in [-0.4, -0.2) is 29.6 Å². The van der Waals surface area contributed by atoms with Gasteiger partial charge in [-0.2, -0.15) is 4.98 Å². The number of carbonyl (C=O) groups excluding carboxylic acids is 1. The number of aryl methyl sites for hydroxylation is 1. The van der Waals surface area contributed by atoms with Gasteiger partial charge in [-0.15, -0.1) is 12.4 Å². The van der Waals surface area contributed by atoms with Crippen molar-refractivity contribution in [2.75, 3.05) is 13.6 Å². The molecule has 0 bridgehead atoms. The molecule has 1 aromatic heterocycles. The predicted octanol–water partition coefficient (Wildman–Crippen LogP) is 0.761. The van der Waals surface area contributed by atoms with Crippen molar-refractivity contribution < 1.29 is 9.32 Å². The number of nitrogens with one attached hydrogen (secondary N) is 2. The molecule has 1 heterocycles.